The van der Waals surface area contributed by atoms with Gasteiger partial charge in [-0.15, -0.1) is 11.6 Å². The van der Waals surface area contributed by atoms with Crippen molar-refractivity contribution in [2.45, 2.75) is 18.8 Å². The highest BCUT2D eigenvalue weighted by molar-refractivity contribution is 6.31. The SMILES string of the molecule is CC(CN1CCOCC1)n1c(CCl)nc2cc(Cl)ccc21. The predicted molar refractivity (Wildman–Crippen MR) is 86.3 cm³/mol. The molecule has 1 aromatic carbocycles. The van der Waals surface area contributed by atoms with E-state index in [1.165, 1.54) is 0 Å². The number of fused-ring (bicyclic) bond motifs is 1. The lowest BCUT2D eigenvalue weighted by atomic mass is 10.2. The van der Waals surface area contributed by atoms with Gasteiger partial charge >= 0.3 is 0 Å². The summed E-state index contributed by atoms with van der Waals surface area (Å²) in [6, 6.07) is 6.13. The van der Waals surface area contributed by atoms with Crippen LogP contribution in [-0.2, 0) is 10.6 Å². The number of hydrogen-bond acceptors (Lipinski definition) is 3. The van der Waals surface area contributed by atoms with Crippen molar-refractivity contribution in [1.29, 1.82) is 0 Å². The largest absolute Gasteiger partial charge is 0.379 e. The van der Waals surface area contributed by atoms with E-state index in [4.69, 9.17) is 27.9 Å². The molecule has 0 amide bonds. The highest BCUT2D eigenvalue weighted by atomic mass is 35.5. The Morgan fingerprint density at radius 2 is 2.10 bits per heavy atom. The first-order valence-corrected chi connectivity index (χ1v) is 8.12. The molecule has 0 spiro atoms. The summed E-state index contributed by atoms with van der Waals surface area (Å²) >= 11 is 12.1. The third-order valence-corrected chi connectivity index (χ3v) is 4.39. The zero-order valence-corrected chi connectivity index (χ0v) is 13.6. The van der Waals surface area contributed by atoms with E-state index in [0.717, 1.165) is 49.7 Å². The maximum Gasteiger partial charge on any atom is 0.125 e. The van der Waals surface area contributed by atoms with Crippen LogP contribution < -0.4 is 0 Å². The van der Waals surface area contributed by atoms with Crippen molar-refractivity contribution in [2.24, 2.45) is 0 Å². The number of hydrogen-bond donors (Lipinski definition) is 0. The van der Waals surface area contributed by atoms with Crippen molar-refractivity contribution < 1.29 is 4.74 Å². The lowest BCUT2D eigenvalue weighted by molar-refractivity contribution is 0.0326. The second-order valence-corrected chi connectivity index (χ2v) is 6.13. The molecule has 0 radical (unpaired) electrons. The molecule has 1 fully saturated rings. The third kappa shape index (κ3) is 3.19. The molecule has 3 rings (SSSR count). The van der Waals surface area contributed by atoms with Crippen LogP contribution in [-0.4, -0.2) is 47.3 Å². The highest BCUT2D eigenvalue weighted by Crippen LogP contribution is 2.25. The van der Waals surface area contributed by atoms with E-state index in [0.29, 0.717) is 16.9 Å². The van der Waals surface area contributed by atoms with Crippen LogP contribution >= 0.6 is 23.2 Å². The normalized spacial score (nSPS) is 18.2. The molecule has 1 atom stereocenters. The molecule has 0 N–H and O–H groups in total. The van der Waals surface area contributed by atoms with Crippen LogP contribution in [0.2, 0.25) is 5.02 Å². The van der Waals surface area contributed by atoms with Gasteiger partial charge in [-0.3, -0.25) is 4.90 Å². The summed E-state index contributed by atoms with van der Waals surface area (Å²) in [6.45, 7) is 6.78. The summed E-state index contributed by atoms with van der Waals surface area (Å²) in [5.41, 5.74) is 2.00. The summed E-state index contributed by atoms with van der Waals surface area (Å²) in [4.78, 5) is 7.03. The Morgan fingerprint density at radius 1 is 1.33 bits per heavy atom. The maximum absolute atomic E-state index is 6.08. The molecule has 4 nitrogen and oxygen atoms in total. The topological polar surface area (TPSA) is 30.3 Å². The molecule has 0 saturated carbocycles. The first-order valence-electron chi connectivity index (χ1n) is 7.21. The average molecular weight is 328 g/mol. The molecule has 6 heteroatoms. The standard InChI is InChI=1S/C15H19Cl2N3O/c1-11(10-19-4-6-21-7-5-19)20-14-3-2-12(17)8-13(14)18-15(20)9-16/h2-3,8,11H,4-7,9-10H2,1H3. The number of morpholine rings is 1. The fourth-order valence-corrected chi connectivity index (χ4v) is 3.30. The minimum absolute atomic E-state index is 0.308. The fourth-order valence-electron chi connectivity index (χ4n) is 2.95. The zero-order chi connectivity index (χ0) is 14.8. The zero-order valence-electron chi connectivity index (χ0n) is 12.1. The van der Waals surface area contributed by atoms with Gasteiger partial charge in [-0.25, -0.2) is 4.98 Å². The Labute approximate surface area is 134 Å². The lowest BCUT2D eigenvalue weighted by Gasteiger charge is -2.30. The van der Waals surface area contributed by atoms with Crippen molar-refractivity contribution in [3.63, 3.8) is 0 Å². The van der Waals surface area contributed by atoms with E-state index >= 15 is 0 Å². The number of rotatable bonds is 4. The maximum atomic E-state index is 6.08. The Bertz CT molecular complexity index is 623. The Balaban J connectivity index is 1.90. The molecule has 0 aliphatic carbocycles. The second-order valence-electron chi connectivity index (χ2n) is 5.43. The predicted octanol–water partition coefficient (Wildman–Crippen LogP) is 3.32. The molecule has 1 saturated heterocycles. The van der Waals surface area contributed by atoms with E-state index in [2.05, 4.69) is 21.4 Å². The smallest absolute Gasteiger partial charge is 0.125 e. The van der Waals surface area contributed by atoms with Gasteiger partial charge in [0.05, 0.1) is 30.1 Å². The summed E-state index contributed by atoms with van der Waals surface area (Å²) in [5, 5.41) is 0.703. The monoisotopic (exact) mass is 327 g/mol. The van der Waals surface area contributed by atoms with Crippen LogP contribution in [0.5, 0.6) is 0 Å². The second kappa shape index (κ2) is 6.53. The molecular formula is C15H19Cl2N3O. The molecule has 2 aromatic rings. The van der Waals surface area contributed by atoms with Crippen LogP contribution in [0.3, 0.4) is 0 Å². The van der Waals surface area contributed by atoms with Crippen LogP contribution in [0.1, 0.15) is 18.8 Å². The fraction of sp³-hybridized carbons (Fsp3) is 0.533. The molecule has 1 aliphatic heterocycles. The molecule has 21 heavy (non-hydrogen) atoms. The molecule has 0 bridgehead atoms. The Kier molecular flexibility index (Phi) is 4.69. The Morgan fingerprint density at radius 3 is 2.81 bits per heavy atom. The van der Waals surface area contributed by atoms with E-state index in [1.807, 2.05) is 18.2 Å². The number of halogens is 2. The number of ether oxygens (including phenoxy) is 1. The first kappa shape index (κ1) is 15.1. The molecule has 1 aromatic heterocycles. The Hall–Kier alpha value is -0.810. The van der Waals surface area contributed by atoms with Crippen molar-refractivity contribution in [2.75, 3.05) is 32.8 Å². The summed E-state index contributed by atoms with van der Waals surface area (Å²) in [7, 11) is 0. The van der Waals surface area contributed by atoms with Gasteiger partial charge in [0.25, 0.3) is 0 Å². The van der Waals surface area contributed by atoms with Crippen LogP contribution in [0.15, 0.2) is 18.2 Å². The van der Waals surface area contributed by atoms with Crippen molar-refractivity contribution in [3.8, 4) is 0 Å². The number of imidazole rings is 1. The van der Waals surface area contributed by atoms with Gasteiger partial charge in [0.15, 0.2) is 0 Å². The molecule has 1 unspecified atom stereocenters. The summed E-state index contributed by atoms with van der Waals surface area (Å²) < 4.78 is 7.63. The lowest BCUT2D eigenvalue weighted by Crippen LogP contribution is -2.39. The van der Waals surface area contributed by atoms with E-state index in [1.54, 1.807) is 0 Å². The van der Waals surface area contributed by atoms with Crippen LogP contribution in [0.4, 0.5) is 0 Å². The van der Waals surface area contributed by atoms with Crippen molar-refractivity contribution in [1.82, 2.24) is 14.5 Å². The van der Waals surface area contributed by atoms with Gasteiger partial charge in [0.2, 0.25) is 0 Å². The number of nitrogens with zero attached hydrogens (tertiary/aromatic N) is 3. The van der Waals surface area contributed by atoms with Crippen LogP contribution in [0, 0.1) is 0 Å². The van der Waals surface area contributed by atoms with Gasteiger partial charge in [0, 0.05) is 30.7 Å². The quantitative estimate of drug-likeness (QED) is 0.807. The van der Waals surface area contributed by atoms with Gasteiger partial charge < -0.3 is 9.30 Å². The molecule has 2 heterocycles. The summed E-state index contributed by atoms with van der Waals surface area (Å²) in [5.74, 6) is 1.30. The summed E-state index contributed by atoms with van der Waals surface area (Å²) in [6.07, 6.45) is 0. The molecular weight excluding hydrogens is 309 g/mol. The number of aromatic nitrogens is 2. The average Bonchev–Trinajstić information content (AvgIpc) is 2.85. The van der Waals surface area contributed by atoms with Crippen molar-refractivity contribution in [3.05, 3.63) is 29.0 Å². The molecule has 114 valence electrons. The van der Waals surface area contributed by atoms with E-state index < -0.39 is 0 Å². The van der Waals surface area contributed by atoms with Gasteiger partial charge in [-0.1, -0.05) is 11.6 Å². The number of benzene rings is 1. The van der Waals surface area contributed by atoms with Gasteiger partial charge in [-0.2, -0.15) is 0 Å². The van der Waals surface area contributed by atoms with Gasteiger partial charge in [0.1, 0.15) is 5.82 Å². The third-order valence-electron chi connectivity index (χ3n) is 3.91. The minimum Gasteiger partial charge on any atom is -0.379 e. The van der Waals surface area contributed by atoms with Crippen LogP contribution in [0.25, 0.3) is 11.0 Å². The van der Waals surface area contributed by atoms with E-state index in [9.17, 15) is 0 Å². The van der Waals surface area contributed by atoms with E-state index in [-0.39, 0.29) is 0 Å². The molecule has 1 aliphatic rings. The number of alkyl halides is 1. The van der Waals surface area contributed by atoms with Gasteiger partial charge in [-0.05, 0) is 25.1 Å². The minimum atomic E-state index is 0.308. The highest BCUT2D eigenvalue weighted by Gasteiger charge is 2.19. The first-order chi connectivity index (χ1) is 10.2. The van der Waals surface area contributed by atoms with Crippen molar-refractivity contribution >= 4 is 34.2 Å².